The smallest absolute Gasteiger partial charge is 0.317 e. The molecule has 0 spiro atoms. The lowest BCUT2D eigenvalue weighted by atomic mass is 10.2. The first-order valence-electron chi connectivity index (χ1n) is 9.03. The van der Waals surface area contributed by atoms with Crippen LogP contribution in [0.1, 0.15) is 30.2 Å². The van der Waals surface area contributed by atoms with Crippen LogP contribution in [0.2, 0.25) is 0 Å². The van der Waals surface area contributed by atoms with Crippen molar-refractivity contribution in [2.75, 3.05) is 37.7 Å². The molecular weight excluding hydrogens is 334 g/mol. The summed E-state index contributed by atoms with van der Waals surface area (Å²) in [4.78, 5) is 25.5. The predicted molar refractivity (Wildman–Crippen MR) is 94.7 cm³/mol. The summed E-state index contributed by atoms with van der Waals surface area (Å²) in [5.74, 6) is 0.755. The van der Waals surface area contributed by atoms with Crippen LogP contribution in [0.3, 0.4) is 0 Å². The Labute approximate surface area is 152 Å². The monoisotopic (exact) mass is 357 g/mol. The van der Waals surface area contributed by atoms with Crippen molar-refractivity contribution in [3.8, 4) is 0 Å². The number of morpholine rings is 1. The highest BCUT2D eigenvalue weighted by Gasteiger charge is 2.27. The van der Waals surface area contributed by atoms with Crippen LogP contribution in [0.15, 0.2) is 35.3 Å². The lowest BCUT2D eigenvalue weighted by Crippen LogP contribution is -2.47. The summed E-state index contributed by atoms with van der Waals surface area (Å²) in [6.07, 6.45) is 7.13. The number of rotatable bonds is 4. The number of nitrogens with one attached hydrogen (secondary N) is 1. The Hall–Kier alpha value is -2.61. The minimum absolute atomic E-state index is 0.103. The number of amides is 2. The Morgan fingerprint density at radius 1 is 1.27 bits per heavy atom. The molecule has 1 N–H and O–H groups in total. The first-order chi connectivity index (χ1) is 12.8. The van der Waals surface area contributed by atoms with Gasteiger partial charge in [-0.3, -0.25) is 0 Å². The molecular formula is C18H23N5O3. The number of hydrogen-bond donors (Lipinski definition) is 1. The molecule has 0 saturated carbocycles. The summed E-state index contributed by atoms with van der Waals surface area (Å²) in [5, 5.41) is 2.91. The lowest BCUT2D eigenvalue weighted by molar-refractivity contribution is -0.0176. The van der Waals surface area contributed by atoms with Crippen molar-refractivity contribution >= 4 is 12.0 Å². The summed E-state index contributed by atoms with van der Waals surface area (Å²) in [5.41, 5.74) is 1.77. The molecule has 2 aliphatic rings. The van der Waals surface area contributed by atoms with E-state index in [9.17, 15) is 4.79 Å². The second-order valence-corrected chi connectivity index (χ2v) is 6.57. The third-order valence-electron chi connectivity index (χ3n) is 4.76. The molecule has 138 valence electrons. The summed E-state index contributed by atoms with van der Waals surface area (Å²) in [7, 11) is 0. The molecule has 4 rings (SSSR count). The zero-order chi connectivity index (χ0) is 17.8. The fourth-order valence-electron chi connectivity index (χ4n) is 3.31. The van der Waals surface area contributed by atoms with Gasteiger partial charge in [-0.1, -0.05) is 0 Å². The van der Waals surface area contributed by atoms with Gasteiger partial charge in [0.1, 0.15) is 6.10 Å². The molecule has 2 amide bonds. The fourth-order valence-corrected chi connectivity index (χ4v) is 3.31. The molecule has 2 aliphatic heterocycles. The third-order valence-corrected chi connectivity index (χ3v) is 4.76. The highest BCUT2D eigenvalue weighted by molar-refractivity contribution is 5.74. The number of urea groups is 1. The van der Waals surface area contributed by atoms with Gasteiger partial charge in [0.05, 0.1) is 31.4 Å². The zero-order valence-electron chi connectivity index (χ0n) is 14.6. The first-order valence-corrected chi connectivity index (χ1v) is 9.03. The van der Waals surface area contributed by atoms with Gasteiger partial charge in [-0.05, 0) is 25.0 Å². The molecule has 0 aliphatic carbocycles. The molecule has 0 bridgehead atoms. The van der Waals surface area contributed by atoms with E-state index in [-0.39, 0.29) is 12.1 Å². The van der Waals surface area contributed by atoms with Gasteiger partial charge < -0.3 is 24.3 Å². The number of ether oxygens (including phenoxy) is 1. The average Bonchev–Trinajstić information content (AvgIpc) is 3.40. The Morgan fingerprint density at radius 3 is 2.96 bits per heavy atom. The van der Waals surface area contributed by atoms with Crippen molar-refractivity contribution < 1.29 is 13.9 Å². The quantitative estimate of drug-likeness (QED) is 0.900. The first kappa shape index (κ1) is 16.8. The zero-order valence-corrected chi connectivity index (χ0v) is 14.6. The molecule has 26 heavy (non-hydrogen) atoms. The third kappa shape index (κ3) is 3.80. The van der Waals surface area contributed by atoms with E-state index in [4.69, 9.17) is 9.15 Å². The lowest BCUT2D eigenvalue weighted by Gasteiger charge is -2.32. The van der Waals surface area contributed by atoms with Gasteiger partial charge in [-0.15, -0.1) is 0 Å². The number of furan rings is 1. The van der Waals surface area contributed by atoms with Crippen LogP contribution in [-0.4, -0.2) is 53.7 Å². The van der Waals surface area contributed by atoms with E-state index in [1.807, 2.05) is 12.1 Å². The number of aromatic nitrogens is 2. The fraction of sp³-hybridized carbons (Fsp3) is 0.500. The van der Waals surface area contributed by atoms with Gasteiger partial charge in [0.25, 0.3) is 0 Å². The largest absolute Gasteiger partial charge is 0.472 e. The Balaban J connectivity index is 1.38. The maximum atomic E-state index is 12.4. The van der Waals surface area contributed by atoms with Gasteiger partial charge in [-0.2, -0.15) is 0 Å². The van der Waals surface area contributed by atoms with E-state index in [0.717, 1.165) is 30.3 Å². The molecule has 2 saturated heterocycles. The van der Waals surface area contributed by atoms with E-state index in [2.05, 4.69) is 20.2 Å². The van der Waals surface area contributed by atoms with Crippen LogP contribution in [0.4, 0.5) is 10.7 Å². The van der Waals surface area contributed by atoms with Gasteiger partial charge in [-0.25, -0.2) is 14.8 Å². The summed E-state index contributed by atoms with van der Waals surface area (Å²) in [6, 6.07) is 3.61. The summed E-state index contributed by atoms with van der Waals surface area (Å²) in [6.45, 7) is 3.98. The maximum Gasteiger partial charge on any atom is 0.317 e. The number of carbonyl (C=O) groups is 1. The van der Waals surface area contributed by atoms with Crippen LogP contribution in [-0.2, 0) is 11.3 Å². The minimum Gasteiger partial charge on any atom is -0.472 e. The SMILES string of the molecule is O=C(NCc1ccoc1)N1CCO[C@H](c2ccnc(N3CCCC3)n2)C1. The van der Waals surface area contributed by atoms with Gasteiger partial charge in [0.15, 0.2) is 0 Å². The summed E-state index contributed by atoms with van der Waals surface area (Å²) < 4.78 is 10.9. The number of nitrogens with zero attached hydrogens (tertiary/aromatic N) is 4. The Bertz CT molecular complexity index is 730. The summed E-state index contributed by atoms with van der Waals surface area (Å²) >= 11 is 0. The van der Waals surface area contributed by atoms with E-state index >= 15 is 0 Å². The highest BCUT2D eigenvalue weighted by atomic mass is 16.5. The molecule has 8 heteroatoms. The van der Waals surface area contributed by atoms with Gasteiger partial charge in [0, 0.05) is 37.9 Å². The average molecular weight is 357 g/mol. The molecule has 2 fully saturated rings. The van der Waals surface area contributed by atoms with Crippen LogP contribution >= 0.6 is 0 Å². The van der Waals surface area contributed by atoms with E-state index < -0.39 is 0 Å². The van der Waals surface area contributed by atoms with Crippen molar-refractivity contribution in [1.29, 1.82) is 0 Å². The minimum atomic E-state index is -0.229. The highest BCUT2D eigenvalue weighted by Crippen LogP contribution is 2.23. The molecule has 0 aromatic carbocycles. The van der Waals surface area contributed by atoms with Crippen LogP contribution in [0, 0.1) is 0 Å². The van der Waals surface area contributed by atoms with Crippen molar-refractivity contribution in [2.45, 2.75) is 25.5 Å². The van der Waals surface area contributed by atoms with Crippen molar-refractivity contribution in [1.82, 2.24) is 20.2 Å². The number of anilines is 1. The van der Waals surface area contributed by atoms with Gasteiger partial charge >= 0.3 is 6.03 Å². The Morgan fingerprint density at radius 2 is 2.15 bits per heavy atom. The standard InChI is InChI=1S/C18H23N5O3/c24-18(20-11-14-4-9-25-13-14)23-8-10-26-16(12-23)15-3-5-19-17(21-15)22-6-1-2-7-22/h3-5,9,13,16H,1-2,6-8,10-12H2,(H,20,24)/t16-/m0/s1. The number of carbonyl (C=O) groups excluding carboxylic acids is 1. The Kier molecular flexibility index (Phi) is 5.01. The molecule has 8 nitrogen and oxygen atoms in total. The van der Waals surface area contributed by atoms with Crippen LogP contribution < -0.4 is 10.2 Å². The van der Waals surface area contributed by atoms with E-state index in [1.54, 1.807) is 23.6 Å². The van der Waals surface area contributed by atoms with Crippen molar-refractivity contribution in [3.63, 3.8) is 0 Å². The van der Waals surface area contributed by atoms with E-state index in [0.29, 0.717) is 26.2 Å². The van der Waals surface area contributed by atoms with Gasteiger partial charge in [0.2, 0.25) is 5.95 Å². The maximum absolute atomic E-state index is 12.4. The molecule has 0 unspecified atom stereocenters. The normalized spacial score (nSPS) is 20.4. The topological polar surface area (TPSA) is 83.7 Å². The molecule has 2 aromatic heterocycles. The second kappa shape index (κ2) is 7.74. The predicted octanol–water partition coefficient (Wildman–Crippen LogP) is 1.95. The van der Waals surface area contributed by atoms with Crippen LogP contribution in [0.25, 0.3) is 0 Å². The second-order valence-electron chi connectivity index (χ2n) is 6.57. The van der Waals surface area contributed by atoms with Crippen molar-refractivity contribution in [3.05, 3.63) is 42.1 Å². The molecule has 1 atom stereocenters. The molecule has 0 radical (unpaired) electrons. The van der Waals surface area contributed by atoms with E-state index in [1.165, 1.54) is 12.8 Å². The van der Waals surface area contributed by atoms with Crippen LogP contribution in [0.5, 0.6) is 0 Å². The molecule has 2 aromatic rings. The molecule has 4 heterocycles. The van der Waals surface area contributed by atoms with Crippen molar-refractivity contribution in [2.24, 2.45) is 0 Å². The number of hydrogen-bond acceptors (Lipinski definition) is 6.